The summed E-state index contributed by atoms with van der Waals surface area (Å²) in [7, 11) is 0. The molecule has 8 nitrogen and oxygen atoms in total. The van der Waals surface area contributed by atoms with E-state index in [0.29, 0.717) is 16.2 Å². The molecule has 2 aromatic heterocycles. The lowest BCUT2D eigenvalue weighted by molar-refractivity contribution is -0.385. The van der Waals surface area contributed by atoms with Crippen LogP contribution in [0.3, 0.4) is 0 Å². The minimum Gasteiger partial charge on any atom is -0.454 e. The average molecular weight is 431 g/mol. The van der Waals surface area contributed by atoms with E-state index in [9.17, 15) is 19.7 Å². The Morgan fingerprint density at radius 3 is 2.66 bits per heavy atom. The zero-order chi connectivity index (χ0) is 21.1. The molecule has 10 heteroatoms. The molecule has 0 aliphatic carbocycles. The summed E-state index contributed by atoms with van der Waals surface area (Å²) < 4.78 is 6.96. The van der Waals surface area contributed by atoms with E-state index < -0.39 is 23.3 Å². The quantitative estimate of drug-likeness (QED) is 0.181. The first-order chi connectivity index (χ1) is 13.8. The first kappa shape index (κ1) is 20.7. The predicted octanol–water partition coefficient (Wildman–Crippen LogP) is 4.22. The Balaban J connectivity index is 1.79. The van der Waals surface area contributed by atoms with Crippen molar-refractivity contribution < 1.29 is 19.2 Å². The summed E-state index contributed by atoms with van der Waals surface area (Å²) in [6, 6.07) is 5.91. The first-order valence-corrected chi connectivity index (χ1v) is 10.6. The van der Waals surface area contributed by atoms with Gasteiger partial charge in [-0.05, 0) is 38.3 Å². The Kier molecular flexibility index (Phi) is 6.14. The molecular formula is C19H17N3O5S2. The van der Waals surface area contributed by atoms with E-state index in [1.165, 1.54) is 35.2 Å². The molecule has 0 fully saturated rings. The zero-order valence-corrected chi connectivity index (χ0v) is 17.5. The number of hydrogen-bond donors (Lipinski definition) is 0. The molecule has 0 radical (unpaired) electrons. The summed E-state index contributed by atoms with van der Waals surface area (Å²) >= 11 is 2.78. The Morgan fingerprint density at radius 1 is 1.28 bits per heavy atom. The summed E-state index contributed by atoms with van der Waals surface area (Å²) in [5.74, 6) is -1.30. The van der Waals surface area contributed by atoms with Crippen LogP contribution in [0.4, 0.5) is 5.69 Å². The van der Waals surface area contributed by atoms with Crippen molar-refractivity contribution in [2.45, 2.75) is 18.7 Å². The summed E-state index contributed by atoms with van der Waals surface area (Å²) in [5, 5.41) is 13.8. The van der Waals surface area contributed by atoms with Gasteiger partial charge in [0.15, 0.2) is 11.7 Å². The molecule has 0 aliphatic rings. The number of aromatic nitrogens is 2. The van der Waals surface area contributed by atoms with Crippen LogP contribution < -0.4 is 0 Å². The standard InChI is InChI=1S/C19H17N3O5S2/c1-11-8-14(12(2)21(11)19-20-6-7-29-19)17(23)10-27-18(24)15-9-13(28-3)4-5-16(15)22(25)26/h4-9H,10H2,1-3H3. The van der Waals surface area contributed by atoms with E-state index in [2.05, 4.69) is 4.98 Å². The molecular weight excluding hydrogens is 414 g/mol. The number of nitro benzene ring substituents is 1. The van der Waals surface area contributed by atoms with Gasteiger partial charge in [0.1, 0.15) is 5.56 Å². The van der Waals surface area contributed by atoms with Crippen molar-refractivity contribution in [2.75, 3.05) is 12.9 Å². The third-order valence-corrected chi connectivity index (χ3v) is 5.78. The largest absolute Gasteiger partial charge is 0.454 e. The Labute approximate surface area is 174 Å². The number of thiazole rings is 1. The average Bonchev–Trinajstić information content (AvgIpc) is 3.32. The number of nitro groups is 1. The van der Waals surface area contributed by atoms with Crippen LogP contribution in [0.1, 0.15) is 32.1 Å². The van der Waals surface area contributed by atoms with Gasteiger partial charge in [-0.1, -0.05) is 0 Å². The monoisotopic (exact) mass is 431 g/mol. The molecule has 0 N–H and O–H groups in total. The SMILES string of the molecule is CSc1ccc([N+](=O)[O-])c(C(=O)OCC(=O)c2cc(C)n(-c3nccs3)c2C)c1. The molecule has 0 saturated carbocycles. The van der Waals surface area contributed by atoms with Crippen molar-refractivity contribution in [1.29, 1.82) is 0 Å². The maximum Gasteiger partial charge on any atom is 0.345 e. The Morgan fingerprint density at radius 2 is 2.03 bits per heavy atom. The van der Waals surface area contributed by atoms with Crippen LogP contribution >= 0.6 is 23.1 Å². The second-order valence-corrected chi connectivity index (χ2v) is 7.83. The van der Waals surface area contributed by atoms with Gasteiger partial charge in [0, 0.05) is 39.5 Å². The van der Waals surface area contributed by atoms with Gasteiger partial charge in [-0.15, -0.1) is 23.1 Å². The Bertz CT molecular complexity index is 1090. The van der Waals surface area contributed by atoms with Gasteiger partial charge in [0.2, 0.25) is 5.78 Å². The van der Waals surface area contributed by atoms with Crippen molar-refractivity contribution in [3.8, 4) is 5.13 Å². The highest BCUT2D eigenvalue weighted by Crippen LogP contribution is 2.26. The number of benzene rings is 1. The van der Waals surface area contributed by atoms with Crippen molar-refractivity contribution in [1.82, 2.24) is 9.55 Å². The highest BCUT2D eigenvalue weighted by molar-refractivity contribution is 7.98. The van der Waals surface area contributed by atoms with Crippen LogP contribution in [-0.4, -0.2) is 39.1 Å². The number of aryl methyl sites for hydroxylation is 1. The topological polar surface area (TPSA) is 104 Å². The highest BCUT2D eigenvalue weighted by atomic mass is 32.2. The lowest BCUT2D eigenvalue weighted by atomic mass is 10.1. The lowest BCUT2D eigenvalue weighted by Crippen LogP contribution is -2.16. The predicted molar refractivity (Wildman–Crippen MR) is 110 cm³/mol. The van der Waals surface area contributed by atoms with Crippen LogP contribution in [0.2, 0.25) is 0 Å². The number of carbonyl (C=O) groups excluding carboxylic acids is 2. The van der Waals surface area contributed by atoms with Crippen molar-refractivity contribution in [3.63, 3.8) is 0 Å². The van der Waals surface area contributed by atoms with Crippen LogP contribution in [0, 0.1) is 24.0 Å². The number of nitrogens with zero attached hydrogens (tertiary/aromatic N) is 3. The number of Topliss-reactive ketones (excluding diaryl/α,β-unsaturated/α-hetero) is 1. The van der Waals surface area contributed by atoms with Crippen LogP contribution in [-0.2, 0) is 4.74 Å². The van der Waals surface area contributed by atoms with E-state index in [1.807, 2.05) is 16.9 Å². The smallest absolute Gasteiger partial charge is 0.345 e. The molecule has 0 aliphatic heterocycles. The van der Waals surface area contributed by atoms with Gasteiger partial charge in [0.05, 0.1) is 4.92 Å². The fraction of sp³-hybridized carbons (Fsp3) is 0.211. The van der Waals surface area contributed by atoms with Gasteiger partial charge in [-0.25, -0.2) is 9.78 Å². The summed E-state index contributed by atoms with van der Waals surface area (Å²) in [6.07, 6.45) is 3.47. The molecule has 150 valence electrons. The van der Waals surface area contributed by atoms with E-state index in [0.717, 1.165) is 10.8 Å². The highest BCUT2D eigenvalue weighted by Gasteiger charge is 2.24. The molecule has 0 spiro atoms. The molecule has 3 aromatic rings. The number of ether oxygens (including phenoxy) is 1. The molecule has 0 bridgehead atoms. The van der Waals surface area contributed by atoms with Gasteiger partial charge in [0.25, 0.3) is 5.69 Å². The number of carbonyl (C=O) groups is 2. The third-order valence-electron chi connectivity index (χ3n) is 4.30. The summed E-state index contributed by atoms with van der Waals surface area (Å²) in [4.78, 5) is 40.5. The summed E-state index contributed by atoms with van der Waals surface area (Å²) in [5.41, 5.74) is 1.40. The first-order valence-electron chi connectivity index (χ1n) is 8.45. The molecule has 0 saturated heterocycles. The molecule has 1 aromatic carbocycles. The summed E-state index contributed by atoms with van der Waals surface area (Å²) in [6.45, 7) is 3.13. The van der Waals surface area contributed by atoms with Crippen LogP contribution in [0.15, 0.2) is 40.7 Å². The normalized spacial score (nSPS) is 10.7. The molecule has 0 unspecified atom stereocenters. The number of esters is 1. The number of ketones is 1. The van der Waals surface area contributed by atoms with E-state index in [4.69, 9.17) is 4.74 Å². The van der Waals surface area contributed by atoms with Crippen molar-refractivity contribution in [3.05, 3.63) is 68.5 Å². The van der Waals surface area contributed by atoms with Gasteiger partial charge in [-0.2, -0.15) is 0 Å². The number of thioether (sulfide) groups is 1. The van der Waals surface area contributed by atoms with Crippen molar-refractivity contribution >= 4 is 40.5 Å². The number of rotatable bonds is 7. The van der Waals surface area contributed by atoms with Gasteiger partial charge >= 0.3 is 5.97 Å². The minimum absolute atomic E-state index is 0.178. The molecule has 29 heavy (non-hydrogen) atoms. The molecule has 0 atom stereocenters. The second-order valence-electron chi connectivity index (χ2n) is 6.07. The fourth-order valence-electron chi connectivity index (χ4n) is 2.92. The Hall–Kier alpha value is -2.98. The maximum absolute atomic E-state index is 12.6. The van der Waals surface area contributed by atoms with Gasteiger partial charge in [-0.3, -0.25) is 19.5 Å². The molecule has 3 rings (SSSR count). The molecule has 2 heterocycles. The lowest BCUT2D eigenvalue weighted by Gasteiger charge is -2.07. The van der Waals surface area contributed by atoms with Crippen LogP contribution in [0.25, 0.3) is 5.13 Å². The fourth-order valence-corrected chi connectivity index (χ4v) is 4.11. The molecule has 0 amide bonds. The zero-order valence-electron chi connectivity index (χ0n) is 15.9. The van der Waals surface area contributed by atoms with Crippen molar-refractivity contribution in [2.24, 2.45) is 0 Å². The maximum atomic E-state index is 12.6. The second kappa shape index (κ2) is 8.58. The van der Waals surface area contributed by atoms with Gasteiger partial charge < -0.3 is 4.74 Å². The van der Waals surface area contributed by atoms with E-state index in [1.54, 1.807) is 31.5 Å². The van der Waals surface area contributed by atoms with Crippen LogP contribution in [0.5, 0.6) is 0 Å². The minimum atomic E-state index is -0.908. The third kappa shape index (κ3) is 4.22. The number of hydrogen-bond acceptors (Lipinski definition) is 8. The van der Waals surface area contributed by atoms with E-state index in [-0.39, 0.29) is 11.3 Å². The van der Waals surface area contributed by atoms with E-state index >= 15 is 0 Å².